The second-order valence-corrected chi connectivity index (χ2v) is 9.64. The Morgan fingerprint density at radius 1 is 0.388 bits per heavy atom. The summed E-state index contributed by atoms with van der Waals surface area (Å²) in [5.41, 5.74) is 0.0220. The standard InChI is InChI=1S/C32H56FNO15/c33-5-6-37-7-8-38-9-10-39-11-12-40-13-14-41-15-16-42-17-18-43-19-20-44-21-22-45-23-24-46-25-26-47-27-28-48-29-30-49-32-3-1-31(2-4-32)34(35)36/h1-4H,5-30H2. The van der Waals surface area contributed by atoms with Crippen molar-refractivity contribution < 1.29 is 70.9 Å². The van der Waals surface area contributed by atoms with E-state index < -0.39 is 11.6 Å². The monoisotopic (exact) mass is 713 g/mol. The number of halogens is 1. The molecule has 0 atom stereocenters. The first-order valence-electron chi connectivity index (χ1n) is 16.6. The van der Waals surface area contributed by atoms with E-state index in [1.54, 1.807) is 12.1 Å². The summed E-state index contributed by atoms with van der Waals surface area (Å²) in [4.78, 5) is 10.2. The number of nitrogens with zero attached hydrogens (tertiary/aromatic N) is 1. The SMILES string of the molecule is O=[N+]([O-])c1ccc(OCCOCCOCCOCCOCCOCCOCCOCCOCCOCCOCCOCCOCCF)cc1. The van der Waals surface area contributed by atoms with E-state index in [4.69, 9.17) is 61.6 Å². The van der Waals surface area contributed by atoms with E-state index in [1.807, 2.05) is 0 Å². The van der Waals surface area contributed by atoms with E-state index in [2.05, 4.69) is 0 Å². The van der Waals surface area contributed by atoms with Gasteiger partial charge in [-0.15, -0.1) is 0 Å². The predicted octanol–water partition coefficient (Wildman–Crippen LogP) is 2.14. The molecule has 0 aromatic heterocycles. The number of rotatable bonds is 40. The maximum absolute atomic E-state index is 11.8. The Labute approximate surface area is 288 Å². The molecule has 1 aromatic carbocycles. The van der Waals surface area contributed by atoms with E-state index in [9.17, 15) is 14.5 Å². The Kier molecular flexibility index (Phi) is 34.0. The van der Waals surface area contributed by atoms with Crippen molar-refractivity contribution in [2.24, 2.45) is 0 Å². The molecule has 0 aliphatic heterocycles. The molecule has 17 heteroatoms. The minimum atomic E-state index is -0.481. The molecule has 0 aliphatic rings. The average Bonchev–Trinajstić information content (AvgIpc) is 3.11. The third kappa shape index (κ3) is 32.8. The van der Waals surface area contributed by atoms with Gasteiger partial charge in [0.2, 0.25) is 0 Å². The summed E-state index contributed by atoms with van der Waals surface area (Å²) in [6.45, 7) is 10.6. The fraction of sp³-hybridized carbons (Fsp3) is 0.812. The third-order valence-corrected chi connectivity index (χ3v) is 5.86. The molecule has 0 bridgehead atoms. The molecule has 0 fully saturated rings. The van der Waals surface area contributed by atoms with Crippen LogP contribution in [0.25, 0.3) is 0 Å². The quantitative estimate of drug-likeness (QED) is 0.0552. The van der Waals surface area contributed by atoms with Crippen LogP contribution >= 0.6 is 0 Å². The van der Waals surface area contributed by atoms with Gasteiger partial charge in [0.25, 0.3) is 5.69 Å². The summed E-state index contributed by atoms with van der Waals surface area (Å²) in [5, 5.41) is 10.6. The summed E-state index contributed by atoms with van der Waals surface area (Å²) < 4.78 is 81.9. The van der Waals surface area contributed by atoms with Crippen LogP contribution in [0.1, 0.15) is 0 Å². The Hall–Kier alpha value is -2.13. The second-order valence-electron chi connectivity index (χ2n) is 9.64. The lowest BCUT2D eigenvalue weighted by Gasteiger charge is -2.09. The number of ether oxygens (including phenoxy) is 13. The van der Waals surface area contributed by atoms with Crippen molar-refractivity contribution in [3.63, 3.8) is 0 Å². The highest BCUT2D eigenvalue weighted by atomic mass is 19.1. The smallest absolute Gasteiger partial charge is 0.269 e. The zero-order chi connectivity index (χ0) is 35.1. The van der Waals surface area contributed by atoms with Gasteiger partial charge in [0.1, 0.15) is 19.0 Å². The lowest BCUT2D eigenvalue weighted by Crippen LogP contribution is -2.15. The van der Waals surface area contributed by atoms with Crippen LogP contribution in [0.2, 0.25) is 0 Å². The molecule has 1 rings (SSSR count). The van der Waals surface area contributed by atoms with Gasteiger partial charge in [-0.3, -0.25) is 10.1 Å². The predicted molar refractivity (Wildman–Crippen MR) is 174 cm³/mol. The van der Waals surface area contributed by atoms with Crippen LogP contribution in [-0.4, -0.2) is 177 Å². The topological polar surface area (TPSA) is 163 Å². The fourth-order valence-electron chi connectivity index (χ4n) is 3.46. The van der Waals surface area contributed by atoms with Crippen molar-refractivity contribution in [2.45, 2.75) is 0 Å². The molecule has 0 spiro atoms. The van der Waals surface area contributed by atoms with Gasteiger partial charge in [-0.05, 0) is 12.1 Å². The number of nitro benzene ring substituents is 1. The summed E-state index contributed by atoms with van der Waals surface area (Å²) in [6.07, 6.45) is 0. The van der Waals surface area contributed by atoms with E-state index in [0.717, 1.165) is 0 Å². The summed E-state index contributed by atoms with van der Waals surface area (Å²) in [6, 6.07) is 5.90. The first kappa shape index (κ1) is 44.9. The Morgan fingerprint density at radius 3 is 0.837 bits per heavy atom. The molecule has 16 nitrogen and oxygen atoms in total. The summed E-state index contributed by atoms with van der Waals surface area (Å²) in [5.74, 6) is 0.552. The maximum Gasteiger partial charge on any atom is 0.269 e. The molecule has 0 radical (unpaired) electrons. The fourth-order valence-corrected chi connectivity index (χ4v) is 3.46. The molecule has 49 heavy (non-hydrogen) atoms. The average molecular weight is 714 g/mol. The molecule has 0 amide bonds. The highest BCUT2D eigenvalue weighted by Gasteiger charge is 2.04. The molecule has 1 aromatic rings. The minimum Gasteiger partial charge on any atom is -0.491 e. The number of alkyl halides is 1. The van der Waals surface area contributed by atoms with Crippen molar-refractivity contribution in [3.05, 3.63) is 34.4 Å². The molecule has 0 saturated carbocycles. The van der Waals surface area contributed by atoms with Crippen LogP contribution in [0, 0.1) is 10.1 Å². The zero-order valence-corrected chi connectivity index (χ0v) is 28.6. The largest absolute Gasteiger partial charge is 0.491 e. The number of nitro groups is 1. The van der Waals surface area contributed by atoms with Gasteiger partial charge in [-0.1, -0.05) is 0 Å². The van der Waals surface area contributed by atoms with Crippen LogP contribution in [-0.2, 0) is 56.8 Å². The van der Waals surface area contributed by atoms with Gasteiger partial charge in [0.15, 0.2) is 0 Å². The van der Waals surface area contributed by atoms with Gasteiger partial charge in [0, 0.05) is 12.1 Å². The molecule has 0 saturated heterocycles. The van der Waals surface area contributed by atoms with Gasteiger partial charge >= 0.3 is 0 Å². The molecule has 0 N–H and O–H groups in total. The van der Waals surface area contributed by atoms with Gasteiger partial charge in [-0.2, -0.15) is 0 Å². The summed E-state index contributed by atoms with van der Waals surface area (Å²) >= 11 is 0. The minimum absolute atomic E-state index is 0.0220. The molecule has 0 aliphatic carbocycles. The van der Waals surface area contributed by atoms with Gasteiger partial charge in [-0.25, -0.2) is 4.39 Å². The van der Waals surface area contributed by atoms with Crippen molar-refractivity contribution in [1.29, 1.82) is 0 Å². The van der Waals surface area contributed by atoms with Crippen molar-refractivity contribution in [3.8, 4) is 5.75 Å². The van der Waals surface area contributed by atoms with E-state index >= 15 is 0 Å². The van der Waals surface area contributed by atoms with Crippen LogP contribution < -0.4 is 4.74 Å². The highest BCUT2D eigenvalue weighted by Crippen LogP contribution is 2.17. The highest BCUT2D eigenvalue weighted by molar-refractivity contribution is 5.35. The molecular formula is C32H56FNO15. The van der Waals surface area contributed by atoms with Crippen molar-refractivity contribution >= 4 is 5.69 Å². The molecule has 0 heterocycles. The van der Waals surface area contributed by atoms with Crippen molar-refractivity contribution in [2.75, 3.05) is 172 Å². The molecule has 0 unspecified atom stereocenters. The number of non-ortho nitro benzene ring substituents is 1. The molecule has 286 valence electrons. The normalized spacial score (nSPS) is 11.4. The number of hydrogen-bond acceptors (Lipinski definition) is 15. The van der Waals surface area contributed by atoms with Gasteiger partial charge < -0.3 is 61.6 Å². The molecular weight excluding hydrogens is 657 g/mol. The third-order valence-electron chi connectivity index (χ3n) is 5.86. The number of benzene rings is 1. The number of hydrogen-bond donors (Lipinski definition) is 0. The first-order chi connectivity index (χ1) is 24.2. The van der Waals surface area contributed by atoms with Crippen molar-refractivity contribution in [1.82, 2.24) is 0 Å². The lowest BCUT2D eigenvalue weighted by atomic mass is 10.3. The second kappa shape index (κ2) is 37.1. The van der Waals surface area contributed by atoms with Crippen LogP contribution in [0.3, 0.4) is 0 Å². The van der Waals surface area contributed by atoms with E-state index in [-0.39, 0.29) is 12.3 Å². The lowest BCUT2D eigenvalue weighted by molar-refractivity contribution is -0.384. The van der Waals surface area contributed by atoms with Crippen LogP contribution in [0.5, 0.6) is 5.75 Å². The van der Waals surface area contributed by atoms with Crippen LogP contribution in [0.4, 0.5) is 10.1 Å². The Balaban J connectivity index is 1.64. The van der Waals surface area contributed by atoms with Crippen LogP contribution in [0.15, 0.2) is 24.3 Å². The van der Waals surface area contributed by atoms with Gasteiger partial charge in [0.05, 0.1) is 163 Å². The first-order valence-corrected chi connectivity index (χ1v) is 16.6. The zero-order valence-electron chi connectivity index (χ0n) is 28.6. The van der Waals surface area contributed by atoms with E-state index in [1.165, 1.54) is 12.1 Å². The maximum atomic E-state index is 11.8. The van der Waals surface area contributed by atoms with E-state index in [0.29, 0.717) is 164 Å². The Bertz CT molecular complexity index is 828. The summed E-state index contributed by atoms with van der Waals surface area (Å²) in [7, 11) is 0. The Morgan fingerprint density at radius 2 is 0.612 bits per heavy atom.